The number of carbonyl (C=O) groups excluding carboxylic acids is 1. The van der Waals surface area contributed by atoms with Crippen molar-refractivity contribution in [1.29, 1.82) is 0 Å². The van der Waals surface area contributed by atoms with E-state index in [1.807, 2.05) is 49.6 Å². The number of nitrogens with one attached hydrogen (secondary N) is 1. The van der Waals surface area contributed by atoms with Crippen molar-refractivity contribution in [2.45, 2.75) is 11.8 Å². The number of aryl methyl sites for hydroxylation is 1. The average molecular weight is 272 g/mol. The molecule has 0 aliphatic rings. The molecule has 0 aliphatic heterocycles. The van der Waals surface area contributed by atoms with E-state index >= 15 is 0 Å². The molecule has 2 aromatic carbocycles. The van der Waals surface area contributed by atoms with Gasteiger partial charge in [-0.05, 0) is 43.0 Å². The molecule has 2 rings (SSSR count). The van der Waals surface area contributed by atoms with Crippen LogP contribution in [0.5, 0.6) is 0 Å². The van der Waals surface area contributed by atoms with Gasteiger partial charge < -0.3 is 11.1 Å². The van der Waals surface area contributed by atoms with Crippen LogP contribution in [0.4, 0.5) is 11.4 Å². The number of hydrogen-bond acceptors (Lipinski definition) is 3. The van der Waals surface area contributed by atoms with E-state index in [0.717, 1.165) is 16.1 Å². The number of nitrogens with two attached hydrogens (primary N) is 1. The standard InChI is InChI=1S/C15H16N2OS/c1-10-5-3-8-13(14(10)16)15(18)17-11-6-4-7-12(9-11)19-2/h3-9H,16H2,1-2H3,(H,17,18). The molecule has 0 unspecified atom stereocenters. The monoisotopic (exact) mass is 272 g/mol. The van der Waals surface area contributed by atoms with Gasteiger partial charge in [-0.25, -0.2) is 0 Å². The molecule has 0 bridgehead atoms. The maximum atomic E-state index is 12.2. The van der Waals surface area contributed by atoms with Gasteiger partial charge in [-0.2, -0.15) is 0 Å². The van der Waals surface area contributed by atoms with Crippen LogP contribution in [-0.4, -0.2) is 12.2 Å². The minimum atomic E-state index is -0.181. The minimum absolute atomic E-state index is 0.181. The summed E-state index contributed by atoms with van der Waals surface area (Å²) in [5.74, 6) is -0.181. The van der Waals surface area contributed by atoms with Gasteiger partial charge >= 0.3 is 0 Å². The number of carbonyl (C=O) groups is 1. The van der Waals surface area contributed by atoms with Crippen molar-refractivity contribution in [1.82, 2.24) is 0 Å². The van der Waals surface area contributed by atoms with E-state index in [4.69, 9.17) is 5.73 Å². The van der Waals surface area contributed by atoms with Gasteiger partial charge in [0.25, 0.3) is 5.91 Å². The van der Waals surface area contributed by atoms with Crippen molar-refractivity contribution < 1.29 is 4.79 Å². The molecule has 0 radical (unpaired) electrons. The number of nitrogen functional groups attached to an aromatic ring is 1. The highest BCUT2D eigenvalue weighted by molar-refractivity contribution is 7.98. The van der Waals surface area contributed by atoms with Crippen molar-refractivity contribution in [2.24, 2.45) is 0 Å². The molecular formula is C15H16N2OS. The maximum Gasteiger partial charge on any atom is 0.257 e. The first-order valence-electron chi connectivity index (χ1n) is 5.92. The van der Waals surface area contributed by atoms with Gasteiger partial charge in [-0.15, -0.1) is 11.8 Å². The second-order valence-corrected chi connectivity index (χ2v) is 5.10. The lowest BCUT2D eigenvalue weighted by Crippen LogP contribution is -2.14. The Morgan fingerprint density at radius 2 is 1.95 bits per heavy atom. The van der Waals surface area contributed by atoms with Crippen LogP contribution in [0, 0.1) is 6.92 Å². The fourth-order valence-corrected chi connectivity index (χ4v) is 2.24. The number of benzene rings is 2. The quantitative estimate of drug-likeness (QED) is 0.663. The lowest BCUT2D eigenvalue weighted by molar-refractivity contribution is 0.102. The second kappa shape index (κ2) is 5.80. The largest absolute Gasteiger partial charge is 0.398 e. The summed E-state index contributed by atoms with van der Waals surface area (Å²) in [5.41, 5.74) is 8.65. The smallest absolute Gasteiger partial charge is 0.257 e. The molecule has 0 aliphatic carbocycles. The molecule has 0 spiro atoms. The summed E-state index contributed by atoms with van der Waals surface area (Å²) < 4.78 is 0. The van der Waals surface area contributed by atoms with E-state index in [0.29, 0.717) is 11.3 Å². The number of rotatable bonds is 3. The van der Waals surface area contributed by atoms with Crippen LogP contribution >= 0.6 is 11.8 Å². The lowest BCUT2D eigenvalue weighted by atomic mass is 10.1. The van der Waals surface area contributed by atoms with Gasteiger partial charge in [0.1, 0.15) is 0 Å². The molecule has 4 heteroatoms. The van der Waals surface area contributed by atoms with Crippen LogP contribution in [0.1, 0.15) is 15.9 Å². The molecule has 19 heavy (non-hydrogen) atoms. The first kappa shape index (κ1) is 13.5. The molecule has 2 aromatic rings. The molecule has 0 heterocycles. The first-order chi connectivity index (χ1) is 9.11. The molecule has 0 fully saturated rings. The Morgan fingerprint density at radius 1 is 1.21 bits per heavy atom. The Hall–Kier alpha value is -1.94. The number of thioether (sulfide) groups is 1. The zero-order chi connectivity index (χ0) is 13.8. The van der Waals surface area contributed by atoms with Crippen LogP contribution < -0.4 is 11.1 Å². The Kier molecular flexibility index (Phi) is 4.12. The molecule has 0 atom stereocenters. The number of anilines is 2. The Morgan fingerprint density at radius 3 is 2.68 bits per heavy atom. The maximum absolute atomic E-state index is 12.2. The summed E-state index contributed by atoms with van der Waals surface area (Å²) in [6.07, 6.45) is 2.00. The molecule has 98 valence electrons. The van der Waals surface area contributed by atoms with Crippen LogP contribution in [0.3, 0.4) is 0 Å². The summed E-state index contributed by atoms with van der Waals surface area (Å²) in [5, 5.41) is 2.87. The zero-order valence-corrected chi connectivity index (χ0v) is 11.8. The molecule has 0 saturated carbocycles. The number of para-hydroxylation sites is 1. The summed E-state index contributed by atoms with van der Waals surface area (Å²) in [6, 6.07) is 13.2. The van der Waals surface area contributed by atoms with E-state index < -0.39 is 0 Å². The first-order valence-corrected chi connectivity index (χ1v) is 7.15. The van der Waals surface area contributed by atoms with Crippen LogP contribution in [0.2, 0.25) is 0 Å². The highest BCUT2D eigenvalue weighted by Gasteiger charge is 2.11. The van der Waals surface area contributed by atoms with Crippen LogP contribution in [0.15, 0.2) is 47.4 Å². The predicted molar refractivity (Wildman–Crippen MR) is 81.8 cm³/mol. The fraction of sp³-hybridized carbons (Fsp3) is 0.133. The van der Waals surface area contributed by atoms with Gasteiger partial charge in [0.05, 0.1) is 5.56 Å². The molecule has 3 nitrogen and oxygen atoms in total. The van der Waals surface area contributed by atoms with Crippen LogP contribution in [0.25, 0.3) is 0 Å². The van der Waals surface area contributed by atoms with Crippen molar-refractivity contribution in [3.05, 3.63) is 53.6 Å². The number of amides is 1. The predicted octanol–water partition coefficient (Wildman–Crippen LogP) is 3.55. The van der Waals surface area contributed by atoms with Gasteiger partial charge in [-0.3, -0.25) is 4.79 Å². The SMILES string of the molecule is CSc1cccc(NC(=O)c2cccc(C)c2N)c1. The molecule has 0 saturated heterocycles. The third kappa shape index (κ3) is 3.09. The Bertz CT molecular complexity index is 611. The number of hydrogen-bond donors (Lipinski definition) is 2. The summed E-state index contributed by atoms with van der Waals surface area (Å²) in [6.45, 7) is 1.89. The third-order valence-corrected chi connectivity index (χ3v) is 3.62. The van der Waals surface area contributed by atoms with Crippen molar-refractivity contribution in [2.75, 3.05) is 17.3 Å². The minimum Gasteiger partial charge on any atom is -0.398 e. The third-order valence-electron chi connectivity index (χ3n) is 2.90. The summed E-state index contributed by atoms with van der Waals surface area (Å²) >= 11 is 1.64. The van der Waals surface area contributed by atoms with Crippen molar-refractivity contribution >= 4 is 29.0 Å². The molecule has 0 aromatic heterocycles. The van der Waals surface area contributed by atoms with Gasteiger partial charge in [0.15, 0.2) is 0 Å². The summed E-state index contributed by atoms with van der Waals surface area (Å²) in [7, 11) is 0. The van der Waals surface area contributed by atoms with E-state index in [-0.39, 0.29) is 5.91 Å². The van der Waals surface area contributed by atoms with E-state index in [2.05, 4.69) is 5.32 Å². The normalized spacial score (nSPS) is 10.2. The highest BCUT2D eigenvalue weighted by Crippen LogP contribution is 2.21. The van der Waals surface area contributed by atoms with E-state index in [1.165, 1.54) is 0 Å². The van der Waals surface area contributed by atoms with Gasteiger partial charge in [-0.1, -0.05) is 18.2 Å². The van der Waals surface area contributed by atoms with E-state index in [1.54, 1.807) is 17.8 Å². The van der Waals surface area contributed by atoms with Gasteiger partial charge in [0, 0.05) is 16.3 Å². The Balaban J connectivity index is 2.23. The molecule has 1 amide bonds. The second-order valence-electron chi connectivity index (χ2n) is 4.22. The highest BCUT2D eigenvalue weighted by atomic mass is 32.2. The van der Waals surface area contributed by atoms with Gasteiger partial charge in [0.2, 0.25) is 0 Å². The fourth-order valence-electron chi connectivity index (χ4n) is 1.78. The summed E-state index contributed by atoms with van der Waals surface area (Å²) in [4.78, 5) is 13.3. The van der Waals surface area contributed by atoms with Crippen LogP contribution in [-0.2, 0) is 0 Å². The lowest BCUT2D eigenvalue weighted by Gasteiger charge is -2.09. The average Bonchev–Trinajstić information content (AvgIpc) is 2.42. The van der Waals surface area contributed by atoms with Crippen molar-refractivity contribution in [3.63, 3.8) is 0 Å². The Labute approximate surface area is 117 Å². The zero-order valence-electron chi connectivity index (χ0n) is 10.9. The van der Waals surface area contributed by atoms with Crippen molar-refractivity contribution in [3.8, 4) is 0 Å². The molecule has 3 N–H and O–H groups in total. The van der Waals surface area contributed by atoms with E-state index in [9.17, 15) is 4.79 Å². The molecular weight excluding hydrogens is 256 g/mol. The topological polar surface area (TPSA) is 55.1 Å².